The van der Waals surface area contributed by atoms with Crippen LogP contribution < -0.4 is 0 Å². The average molecular weight is 423 g/mol. The predicted octanol–water partition coefficient (Wildman–Crippen LogP) is 5.64. The highest BCUT2D eigenvalue weighted by atomic mass is 127. The van der Waals surface area contributed by atoms with Crippen molar-refractivity contribution in [1.82, 2.24) is 9.97 Å². The van der Waals surface area contributed by atoms with Gasteiger partial charge in [-0.1, -0.05) is 50.6 Å². The quantitative estimate of drug-likeness (QED) is 0.462. The molecule has 21 heavy (non-hydrogen) atoms. The maximum Gasteiger partial charge on any atom is 0.263 e. The van der Waals surface area contributed by atoms with Crippen molar-refractivity contribution in [2.75, 3.05) is 0 Å². The zero-order valence-corrected chi connectivity index (χ0v) is 14.7. The smallest absolute Gasteiger partial charge is 0.231 e. The van der Waals surface area contributed by atoms with Gasteiger partial charge in [-0.3, -0.25) is 0 Å². The van der Waals surface area contributed by atoms with Crippen molar-refractivity contribution in [2.45, 2.75) is 32.6 Å². The highest BCUT2D eigenvalue weighted by Gasteiger charge is 2.23. The van der Waals surface area contributed by atoms with Crippen molar-refractivity contribution in [2.24, 2.45) is 0 Å². The zero-order valence-electron chi connectivity index (χ0n) is 11.8. The number of halogens is 4. The second-order valence-corrected chi connectivity index (χ2v) is 7.11. The third kappa shape index (κ3) is 3.69. The lowest BCUT2D eigenvalue weighted by Crippen LogP contribution is -2.17. The Bertz CT molecular complexity index is 669. The highest BCUT2D eigenvalue weighted by molar-refractivity contribution is 14.1. The molecule has 0 atom stereocenters. The summed E-state index contributed by atoms with van der Waals surface area (Å²) in [6.07, 6.45) is -2.52. The number of rotatable bonds is 2. The number of benzene rings is 1. The molecule has 0 saturated heterocycles. The van der Waals surface area contributed by atoms with Gasteiger partial charge in [-0.25, -0.2) is 18.7 Å². The molecule has 0 spiro atoms. The Balaban J connectivity index is 2.60. The van der Waals surface area contributed by atoms with Crippen molar-refractivity contribution in [1.29, 1.82) is 0 Å². The Morgan fingerprint density at radius 2 is 1.86 bits per heavy atom. The summed E-state index contributed by atoms with van der Waals surface area (Å²) in [5, 5.41) is 0.341. The van der Waals surface area contributed by atoms with Crippen LogP contribution >= 0.6 is 34.2 Å². The molecular weight excluding hydrogens is 409 g/mol. The largest absolute Gasteiger partial charge is 0.263 e. The second kappa shape index (κ2) is 6.12. The van der Waals surface area contributed by atoms with Crippen molar-refractivity contribution < 1.29 is 8.78 Å². The zero-order chi connectivity index (χ0) is 15.8. The Morgan fingerprint density at radius 1 is 1.19 bits per heavy atom. The van der Waals surface area contributed by atoms with Crippen LogP contribution in [-0.2, 0) is 5.41 Å². The molecule has 2 aromatic rings. The molecule has 0 fully saturated rings. The molecular formula is C15H14ClF2IN2. The lowest BCUT2D eigenvalue weighted by atomic mass is 9.92. The van der Waals surface area contributed by atoms with E-state index < -0.39 is 6.43 Å². The van der Waals surface area contributed by atoms with E-state index in [-0.39, 0.29) is 11.0 Å². The van der Waals surface area contributed by atoms with E-state index in [0.29, 0.717) is 16.5 Å². The van der Waals surface area contributed by atoms with E-state index in [1.807, 2.05) is 20.8 Å². The summed E-state index contributed by atoms with van der Waals surface area (Å²) in [6, 6.07) is 6.06. The lowest BCUT2D eigenvalue weighted by Gasteiger charge is -2.20. The molecule has 1 aromatic carbocycles. The van der Waals surface area contributed by atoms with Crippen LogP contribution in [0, 0.1) is 3.57 Å². The summed E-state index contributed by atoms with van der Waals surface area (Å²) >= 11 is 8.28. The topological polar surface area (TPSA) is 25.8 Å². The van der Waals surface area contributed by atoms with E-state index in [0.717, 1.165) is 9.26 Å². The van der Waals surface area contributed by atoms with E-state index in [1.54, 1.807) is 12.1 Å². The molecule has 0 saturated carbocycles. The van der Waals surface area contributed by atoms with Gasteiger partial charge in [0.1, 0.15) is 5.15 Å². The molecule has 1 heterocycles. The monoisotopic (exact) mass is 422 g/mol. The highest BCUT2D eigenvalue weighted by Crippen LogP contribution is 2.32. The fraction of sp³-hybridized carbons (Fsp3) is 0.333. The fourth-order valence-electron chi connectivity index (χ4n) is 1.86. The Hall–Kier alpha value is -0.820. The third-order valence-electron chi connectivity index (χ3n) is 2.92. The molecule has 1 aromatic heterocycles. The summed E-state index contributed by atoms with van der Waals surface area (Å²) in [5.74, 6) is 0.368. The molecule has 112 valence electrons. The summed E-state index contributed by atoms with van der Waals surface area (Å²) in [4.78, 5) is 8.75. The van der Waals surface area contributed by atoms with Crippen molar-refractivity contribution in [3.8, 4) is 11.4 Å². The molecule has 2 rings (SSSR count). The van der Waals surface area contributed by atoms with Gasteiger partial charge >= 0.3 is 0 Å². The SMILES string of the molecule is CC(C)(C)c1nc(-c2cccc(C(F)F)c2)nc(Cl)c1I. The summed E-state index contributed by atoms with van der Waals surface area (Å²) in [5.41, 5.74) is 1.08. The van der Waals surface area contributed by atoms with Crippen LogP contribution in [0.5, 0.6) is 0 Å². The van der Waals surface area contributed by atoms with Gasteiger partial charge in [0.2, 0.25) is 0 Å². The molecule has 0 amide bonds. The molecule has 0 aliphatic rings. The van der Waals surface area contributed by atoms with Crippen LogP contribution in [0.1, 0.15) is 38.5 Å². The van der Waals surface area contributed by atoms with Gasteiger partial charge in [-0.2, -0.15) is 0 Å². The van der Waals surface area contributed by atoms with Crippen molar-refractivity contribution in [3.63, 3.8) is 0 Å². The Labute approximate surface area is 141 Å². The molecule has 2 nitrogen and oxygen atoms in total. The van der Waals surface area contributed by atoms with Gasteiger partial charge < -0.3 is 0 Å². The Morgan fingerprint density at radius 3 is 2.43 bits per heavy atom. The minimum Gasteiger partial charge on any atom is -0.231 e. The maximum atomic E-state index is 12.8. The third-order valence-corrected chi connectivity index (χ3v) is 4.53. The van der Waals surface area contributed by atoms with Gasteiger partial charge in [0, 0.05) is 16.5 Å². The normalized spacial score (nSPS) is 12.0. The van der Waals surface area contributed by atoms with Crippen LogP contribution in [0.2, 0.25) is 5.15 Å². The first-order chi connectivity index (χ1) is 9.70. The number of alkyl halides is 2. The first kappa shape index (κ1) is 16.5. The molecule has 0 N–H and O–H groups in total. The molecule has 0 unspecified atom stereocenters. The van der Waals surface area contributed by atoms with E-state index in [1.165, 1.54) is 12.1 Å². The number of nitrogens with zero attached hydrogens (tertiary/aromatic N) is 2. The van der Waals surface area contributed by atoms with Crippen LogP contribution in [0.15, 0.2) is 24.3 Å². The predicted molar refractivity (Wildman–Crippen MR) is 88.9 cm³/mol. The number of hydrogen-bond donors (Lipinski definition) is 0. The van der Waals surface area contributed by atoms with E-state index in [9.17, 15) is 8.78 Å². The standard InChI is InChI=1S/C15H14ClF2IN2/c1-15(2,3)11-10(19)12(16)21-14(20-11)9-6-4-5-8(7-9)13(17)18/h4-7,13H,1-3H3. The van der Waals surface area contributed by atoms with Crippen LogP contribution in [0.4, 0.5) is 8.78 Å². The number of hydrogen-bond acceptors (Lipinski definition) is 2. The van der Waals surface area contributed by atoms with E-state index in [2.05, 4.69) is 32.6 Å². The van der Waals surface area contributed by atoms with Gasteiger partial charge in [0.25, 0.3) is 6.43 Å². The molecule has 0 radical (unpaired) electrons. The van der Waals surface area contributed by atoms with Gasteiger partial charge in [-0.05, 0) is 28.7 Å². The fourth-order valence-corrected chi connectivity index (χ4v) is 3.08. The summed E-state index contributed by atoms with van der Waals surface area (Å²) in [6.45, 7) is 6.06. The van der Waals surface area contributed by atoms with Gasteiger partial charge in [-0.15, -0.1) is 0 Å². The molecule has 0 aliphatic heterocycles. The van der Waals surface area contributed by atoms with Crippen molar-refractivity contribution in [3.05, 3.63) is 44.2 Å². The maximum absolute atomic E-state index is 12.8. The number of aromatic nitrogens is 2. The average Bonchev–Trinajstić information content (AvgIpc) is 2.40. The van der Waals surface area contributed by atoms with Gasteiger partial charge in [0.05, 0.1) is 9.26 Å². The summed E-state index contributed by atoms with van der Waals surface area (Å²) in [7, 11) is 0. The minimum absolute atomic E-state index is 0.0527. The molecule has 0 aliphatic carbocycles. The van der Waals surface area contributed by atoms with Crippen LogP contribution in [-0.4, -0.2) is 9.97 Å². The second-order valence-electron chi connectivity index (χ2n) is 5.68. The van der Waals surface area contributed by atoms with Gasteiger partial charge in [0.15, 0.2) is 5.82 Å². The van der Waals surface area contributed by atoms with Crippen molar-refractivity contribution >= 4 is 34.2 Å². The first-order valence-corrected chi connectivity index (χ1v) is 7.78. The van der Waals surface area contributed by atoms with E-state index >= 15 is 0 Å². The Kier molecular flexibility index (Phi) is 4.82. The molecule has 0 bridgehead atoms. The minimum atomic E-state index is -2.52. The summed E-state index contributed by atoms with van der Waals surface area (Å²) < 4.78 is 26.4. The van der Waals surface area contributed by atoms with E-state index in [4.69, 9.17) is 11.6 Å². The molecule has 6 heteroatoms. The first-order valence-electron chi connectivity index (χ1n) is 6.32. The lowest BCUT2D eigenvalue weighted by molar-refractivity contribution is 0.151. The van der Waals surface area contributed by atoms with Crippen LogP contribution in [0.3, 0.4) is 0 Å². The van der Waals surface area contributed by atoms with Crippen LogP contribution in [0.25, 0.3) is 11.4 Å².